The third-order valence-electron chi connectivity index (χ3n) is 10.1. The molecular formula is C39H22N2. The van der Waals surface area contributed by atoms with Gasteiger partial charge in [-0.05, 0) is 55.9 Å². The summed E-state index contributed by atoms with van der Waals surface area (Å²) in [6.07, 6.45) is 0. The van der Waals surface area contributed by atoms with E-state index in [9.17, 15) is 0 Å². The molecule has 0 saturated heterocycles. The Labute approximate surface area is 234 Å². The van der Waals surface area contributed by atoms with Gasteiger partial charge in [-0.3, -0.25) is 0 Å². The van der Waals surface area contributed by atoms with Crippen LogP contribution in [-0.4, -0.2) is 9.97 Å². The molecule has 0 radical (unpaired) electrons. The lowest BCUT2D eigenvalue weighted by atomic mass is 9.70. The second kappa shape index (κ2) is 6.68. The van der Waals surface area contributed by atoms with Crippen molar-refractivity contribution in [3.05, 3.63) is 144 Å². The number of fused-ring (bicyclic) bond motifs is 15. The largest absolute Gasteiger partial charge is 0.354 e. The van der Waals surface area contributed by atoms with E-state index >= 15 is 0 Å². The predicted octanol–water partition coefficient (Wildman–Crippen LogP) is 9.94. The molecule has 1 spiro atoms. The molecule has 0 saturated carbocycles. The maximum Gasteiger partial charge on any atom is 0.0727 e. The highest BCUT2D eigenvalue weighted by Gasteiger charge is 2.52. The molecule has 0 amide bonds. The Morgan fingerprint density at radius 3 is 1.37 bits per heavy atom. The van der Waals surface area contributed by atoms with Gasteiger partial charge in [0.05, 0.1) is 16.4 Å². The lowest BCUT2D eigenvalue weighted by Crippen LogP contribution is -2.26. The van der Waals surface area contributed by atoms with Gasteiger partial charge in [0, 0.05) is 43.7 Å². The molecular weight excluding hydrogens is 496 g/mol. The molecule has 7 aromatic carbocycles. The van der Waals surface area contributed by atoms with Gasteiger partial charge in [-0.15, -0.1) is 0 Å². The van der Waals surface area contributed by atoms with Crippen LogP contribution in [0, 0.1) is 0 Å². The first-order valence-electron chi connectivity index (χ1n) is 14.4. The molecule has 2 nitrogen and oxygen atoms in total. The fourth-order valence-corrected chi connectivity index (χ4v) is 8.63. The molecule has 2 aliphatic carbocycles. The average molecular weight is 519 g/mol. The monoisotopic (exact) mass is 518 g/mol. The van der Waals surface area contributed by atoms with Crippen molar-refractivity contribution < 1.29 is 0 Å². The zero-order valence-electron chi connectivity index (χ0n) is 22.0. The van der Waals surface area contributed by atoms with Crippen molar-refractivity contribution in [2.75, 3.05) is 0 Å². The topological polar surface area (TPSA) is 31.6 Å². The second-order valence-corrected chi connectivity index (χ2v) is 11.8. The van der Waals surface area contributed by atoms with Gasteiger partial charge in [-0.1, -0.05) is 109 Å². The van der Waals surface area contributed by atoms with Crippen LogP contribution >= 0.6 is 0 Å². The summed E-state index contributed by atoms with van der Waals surface area (Å²) in [5, 5.41) is 10.5. The van der Waals surface area contributed by atoms with Crippen molar-refractivity contribution in [2.24, 2.45) is 0 Å². The SMILES string of the molecule is c1cc2c3c(c1)ccc1cccc(c13)C21c2ccc3c([nH]c4ccccc43)c2-c2c1ccc1c2[nH]c2ccccc21. The Kier molecular flexibility index (Phi) is 3.35. The highest BCUT2D eigenvalue weighted by atomic mass is 14.7. The third-order valence-corrected chi connectivity index (χ3v) is 10.1. The summed E-state index contributed by atoms with van der Waals surface area (Å²) < 4.78 is 0. The molecule has 0 fully saturated rings. The number of para-hydroxylation sites is 2. The summed E-state index contributed by atoms with van der Waals surface area (Å²) in [6.45, 7) is 0. The lowest BCUT2D eigenvalue weighted by Gasteiger charge is -2.30. The van der Waals surface area contributed by atoms with Crippen LogP contribution in [0.15, 0.2) is 121 Å². The van der Waals surface area contributed by atoms with Gasteiger partial charge in [0.15, 0.2) is 0 Å². The van der Waals surface area contributed by atoms with Crippen LogP contribution in [-0.2, 0) is 5.41 Å². The van der Waals surface area contributed by atoms with E-state index < -0.39 is 0 Å². The number of aromatic nitrogens is 2. The molecule has 2 heteroatoms. The molecule has 0 bridgehead atoms. The van der Waals surface area contributed by atoms with E-state index in [1.807, 2.05) is 0 Å². The average Bonchev–Trinajstić information content (AvgIpc) is 3.75. The molecule has 9 aromatic rings. The minimum Gasteiger partial charge on any atom is -0.354 e. The molecule has 0 aliphatic heterocycles. The Balaban J connectivity index is 1.43. The molecule has 2 heterocycles. The van der Waals surface area contributed by atoms with Crippen LogP contribution in [0.25, 0.3) is 76.3 Å². The highest BCUT2D eigenvalue weighted by Crippen LogP contribution is 2.64. The number of hydrogen-bond acceptors (Lipinski definition) is 0. The van der Waals surface area contributed by atoms with Gasteiger partial charge in [0.25, 0.3) is 0 Å². The highest BCUT2D eigenvalue weighted by molar-refractivity contribution is 6.23. The van der Waals surface area contributed by atoms with Crippen LogP contribution in [0.3, 0.4) is 0 Å². The van der Waals surface area contributed by atoms with Crippen LogP contribution in [0.2, 0.25) is 0 Å². The number of aromatic amines is 2. The Hall–Kier alpha value is -5.34. The first kappa shape index (κ1) is 20.5. The molecule has 0 atom stereocenters. The Morgan fingerprint density at radius 2 is 0.854 bits per heavy atom. The first-order valence-corrected chi connectivity index (χ1v) is 14.4. The van der Waals surface area contributed by atoms with Crippen LogP contribution in [0.4, 0.5) is 0 Å². The number of rotatable bonds is 0. The summed E-state index contributed by atoms with van der Waals surface area (Å²) >= 11 is 0. The lowest BCUT2D eigenvalue weighted by molar-refractivity contribution is 0.798. The third kappa shape index (κ3) is 2.13. The summed E-state index contributed by atoms with van der Waals surface area (Å²) in [4.78, 5) is 7.76. The fourth-order valence-electron chi connectivity index (χ4n) is 8.63. The van der Waals surface area contributed by atoms with Crippen molar-refractivity contribution in [1.29, 1.82) is 0 Å². The van der Waals surface area contributed by atoms with E-state index in [0.717, 1.165) is 0 Å². The van der Waals surface area contributed by atoms with E-state index in [0.29, 0.717) is 0 Å². The van der Waals surface area contributed by atoms with Gasteiger partial charge < -0.3 is 9.97 Å². The summed E-state index contributed by atoms with van der Waals surface area (Å²) in [5.74, 6) is 0. The smallest absolute Gasteiger partial charge is 0.0727 e. The summed E-state index contributed by atoms with van der Waals surface area (Å²) in [5.41, 5.74) is 12.6. The maximum absolute atomic E-state index is 3.88. The zero-order valence-corrected chi connectivity index (χ0v) is 22.0. The molecule has 2 N–H and O–H groups in total. The molecule has 2 aromatic heterocycles. The van der Waals surface area contributed by atoms with Crippen LogP contribution < -0.4 is 0 Å². The first-order chi connectivity index (χ1) is 20.3. The van der Waals surface area contributed by atoms with Crippen LogP contribution in [0.5, 0.6) is 0 Å². The van der Waals surface area contributed by atoms with E-state index in [4.69, 9.17) is 0 Å². The standard InChI is InChI=1S/C39H22N2/c1-3-13-31-23(9-1)25-17-19-29-35(37(25)40-31)36-30(20-18-26-24-10-2-4-14-32(24)41-38(26)36)39(29)27-11-5-7-21-15-16-22-8-6-12-28(39)34(22)33(21)27/h1-20,40-41H. The van der Waals surface area contributed by atoms with E-state index in [2.05, 4.69) is 131 Å². The summed E-state index contributed by atoms with van der Waals surface area (Å²) in [7, 11) is 0. The Morgan fingerprint density at radius 1 is 0.366 bits per heavy atom. The van der Waals surface area contributed by atoms with Crippen molar-refractivity contribution in [3.8, 4) is 11.1 Å². The molecule has 2 aliphatic rings. The molecule has 11 rings (SSSR count). The van der Waals surface area contributed by atoms with Crippen molar-refractivity contribution >= 4 is 65.2 Å². The minimum atomic E-state index is -0.385. The van der Waals surface area contributed by atoms with Crippen molar-refractivity contribution in [1.82, 2.24) is 9.97 Å². The zero-order chi connectivity index (χ0) is 26.4. The predicted molar refractivity (Wildman–Crippen MR) is 171 cm³/mol. The fraction of sp³-hybridized carbons (Fsp3) is 0.0256. The Bertz CT molecular complexity index is 2460. The number of nitrogens with one attached hydrogen (secondary N) is 2. The second-order valence-electron chi connectivity index (χ2n) is 11.8. The van der Waals surface area contributed by atoms with Crippen LogP contribution in [0.1, 0.15) is 22.3 Å². The minimum absolute atomic E-state index is 0.385. The number of benzene rings is 7. The normalized spacial score (nSPS) is 14.5. The summed E-state index contributed by atoms with van der Waals surface area (Å²) in [6, 6.07) is 45.4. The molecule has 41 heavy (non-hydrogen) atoms. The maximum atomic E-state index is 3.88. The molecule has 0 unspecified atom stereocenters. The number of hydrogen-bond donors (Lipinski definition) is 2. The molecule has 188 valence electrons. The van der Waals surface area contributed by atoms with E-state index in [-0.39, 0.29) is 5.41 Å². The van der Waals surface area contributed by atoms with Gasteiger partial charge in [0.1, 0.15) is 0 Å². The van der Waals surface area contributed by atoms with Gasteiger partial charge in [-0.25, -0.2) is 0 Å². The van der Waals surface area contributed by atoms with E-state index in [1.165, 1.54) is 98.5 Å². The van der Waals surface area contributed by atoms with Gasteiger partial charge in [0.2, 0.25) is 0 Å². The number of H-pyrrole nitrogens is 2. The quantitative estimate of drug-likeness (QED) is 0.187. The van der Waals surface area contributed by atoms with E-state index in [1.54, 1.807) is 0 Å². The van der Waals surface area contributed by atoms with Crippen molar-refractivity contribution in [2.45, 2.75) is 5.41 Å². The van der Waals surface area contributed by atoms with Crippen molar-refractivity contribution in [3.63, 3.8) is 0 Å². The van der Waals surface area contributed by atoms with Gasteiger partial charge in [-0.2, -0.15) is 0 Å². The van der Waals surface area contributed by atoms with Gasteiger partial charge >= 0.3 is 0 Å².